The van der Waals surface area contributed by atoms with Crippen LogP contribution in [0.1, 0.15) is 35.2 Å². The zero-order valence-electron chi connectivity index (χ0n) is 11.8. The number of hydrogen-bond acceptors (Lipinski definition) is 3. The van der Waals surface area contributed by atoms with Gasteiger partial charge in [-0.05, 0) is 37.5 Å². The molecule has 4 nitrogen and oxygen atoms in total. The monoisotopic (exact) mass is 282 g/mol. The summed E-state index contributed by atoms with van der Waals surface area (Å²) in [5, 5.41) is 7.63. The summed E-state index contributed by atoms with van der Waals surface area (Å²) >= 11 is 0. The first-order valence-corrected chi connectivity index (χ1v) is 7.45. The van der Waals surface area contributed by atoms with Crippen molar-refractivity contribution in [3.05, 3.63) is 42.2 Å². The normalized spacial score (nSPS) is 27.1. The predicted molar refractivity (Wildman–Crippen MR) is 82.1 cm³/mol. The molecule has 2 aliphatic rings. The molecule has 0 unspecified atom stereocenters. The Balaban J connectivity index is 1.57. The number of amides is 1. The van der Waals surface area contributed by atoms with Gasteiger partial charge in [0.15, 0.2) is 0 Å². The average Bonchev–Trinajstić information content (AvgIpc) is 3.21. The largest absolute Gasteiger partial charge is 0.464 e. The van der Waals surface area contributed by atoms with Gasteiger partial charge in [-0.25, -0.2) is 0 Å². The highest BCUT2D eigenvalue weighted by molar-refractivity contribution is 5.99. The SMILES string of the molecule is C=Cc1coc2ccc(C(=O)N[C@@H]3C[C@H]4CC[C@@H]3N4)cc12. The number of fused-ring (bicyclic) bond motifs is 3. The number of carbonyl (C=O) groups is 1. The summed E-state index contributed by atoms with van der Waals surface area (Å²) in [6.45, 7) is 3.77. The molecule has 0 saturated carbocycles. The molecule has 3 heterocycles. The third-order valence-electron chi connectivity index (χ3n) is 4.70. The summed E-state index contributed by atoms with van der Waals surface area (Å²) in [4.78, 5) is 12.4. The van der Waals surface area contributed by atoms with Crippen LogP contribution in [0.5, 0.6) is 0 Å². The Morgan fingerprint density at radius 3 is 3.05 bits per heavy atom. The van der Waals surface area contributed by atoms with E-state index in [1.165, 1.54) is 6.42 Å². The number of rotatable bonds is 3. The topological polar surface area (TPSA) is 54.3 Å². The fraction of sp³-hybridized carbons (Fsp3) is 0.353. The molecule has 1 aromatic heterocycles. The summed E-state index contributed by atoms with van der Waals surface area (Å²) in [6.07, 6.45) is 6.85. The van der Waals surface area contributed by atoms with Gasteiger partial charge in [-0.2, -0.15) is 0 Å². The molecule has 2 bridgehead atoms. The molecule has 4 rings (SSSR count). The summed E-state index contributed by atoms with van der Waals surface area (Å²) in [6, 6.07) is 6.83. The van der Waals surface area contributed by atoms with Crippen molar-refractivity contribution in [1.82, 2.24) is 10.6 Å². The number of furan rings is 1. The van der Waals surface area contributed by atoms with Crippen molar-refractivity contribution in [2.75, 3.05) is 0 Å². The molecule has 4 heteroatoms. The lowest BCUT2D eigenvalue weighted by atomic mass is 9.95. The Bertz CT molecular complexity index is 719. The van der Waals surface area contributed by atoms with Crippen molar-refractivity contribution in [1.29, 1.82) is 0 Å². The molecule has 2 fully saturated rings. The van der Waals surface area contributed by atoms with Crippen molar-refractivity contribution in [2.45, 2.75) is 37.4 Å². The van der Waals surface area contributed by atoms with E-state index in [0.29, 0.717) is 17.6 Å². The van der Waals surface area contributed by atoms with Gasteiger partial charge in [0.05, 0.1) is 6.26 Å². The molecule has 21 heavy (non-hydrogen) atoms. The van der Waals surface area contributed by atoms with Crippen LogP contribution in [0.15, 0.2) is 35.5 Å². The third kappa shape index (κ3) is 2.07. The third-order valence-corrected chi connectivity index (χ3v) is 4.70. The molecule has 0 spiro atoms. The molecule has 3 atom stereocenters. The maximum atomic E-state index is 12.4. The van der Waals surface area contributed by atoms with E-state index in [4.69, 9.17) is 4.42 Å². The highest BCUT2D eigenvalue weighted by atomic mass is 16.3. The predicted octanol–water partition coefficient (Wildman–Crippen LogP) is 2.70. The quantitative estimate of drug-likeness (QED) is 0.910. The van der Waals surface area contributed by atoms with Gasteiger partial charge in [0.1, 0.15) is 5.58 Å². The maximum Gasteiger partial charge on any atom is 0.251 e. The Hall–Kier alpha value is -2.07. The second-order valence-corrected chi connectivity index (χ2v) is 5.97. The first kappa shape index (κ1) is 12.7. The van der Waals surface area contributed by atoms with Crippen LogP contribution in [0.3, 0.4) is 0 Å². The van der Waals surface area contributed by atoms with Crippen LogP contribution in [0.2, 0.25) is 0 Å². The van der Waals surface area contributed by atoms with Crippen LogP contribution in [-0.4, -0.2) is 24.0 Å². The number of nitrogens with one attached hydrogen (secondary N) is 2. The van der Waals surface area contributed by atoms with Crippen LogP contribution in [0.4, 0.5) is 0 Å². The minimum atomic E-state index is -0.00698. The Kier molecular flexibility index (Phi) is 2.86. The average molecular weight is 282 g/mol. The van der Waals surface area contributed by atoms with Crippen molar-refractivity contribution in [3.8, 4) is 0 Å². The number of benzene rings is 1. The molecular weight excluding hydrogens is 264 g/mol. The Morgan fingerprint density at radius 2 is 2.33 bits per heavy atom. The van der Waals surface area contributed by atoms with E-state index in [1.807, 2.05) is 18.2 Å². The summed E-state index contributed by atoms with van der Waals surface area (Å²) in [7, 11) is 0. The van der Waals surface area contributed by atoms with E-state index in [1.54, 1.807) is 12.3 Å². The molecule has 1 amide bonds. The van der Waals surface area contributed by atoms with E-state index in [9.17, 15) is 4.79 Å². The van der Waals surface area contributed by atoms with Crippen molar-refractivity contribution >= 4 is 23.0 Å². The van der Waals surface area contributed by atoms with Gasteiger partial charge in [0.25, 0.3) is 5.91 Å². The second-order valence-electron chi connectivity index (χ2n) is 5.97. The fourth-order valence-corrected chi connectivity index (χ4v) is 3.58. The number of carbonyl (C=O) groups excluding carboxylic acids is 1. The van der Waals surface area contributed by atoms with Gasteiger partial charge in [0, 0.05) is 34.6 Å². The van der Waals surface area contributed by atoms with E-state index < -0.39 is 0 Å². The molecule has 2 aliphatic heterocycles. The lowest BCUT2D eigenvalue weighted by molar-refractivity contribution is 0.0931. The fourth-order valence-electron chi connectivity index (χ4n) is 3.58. The van der Waals surface area contributed by atoms with Gasteiger partial charge in [0.2, 0.25) is 0 Å². The van der Waals surface area contributed by atoms with Gasteiger partial charge in [-0.1, -0.05) is 12.7 Å². The Morgan fingerprint density at radius 1 is 1.43 bits per heavy atom. The van der Waals surface area contributed by atoms with Crippen molar-refractivity contribution in [3.63, 3.8) is 0 Å². The first-order chi connectivity index (χ1) is 10.2. The molecule has 1 aromatic carbocycles. The highest BCUT2D eigenvalue weighted by Crippen LogP contribution is 2.29. The van der Waals surface area contributed by atoms with Gasteiger partial charge in [-0.3, -0.25) is 4.79 Å². The Labute approximate surface area is 123 Å². The number of hydrogen-bond donors (Lipinski definition) is 2. The minimum Gasteiger partial charge on any atom is -0.464 e. The van der Waals surface area contributed by atoms with Crippen LogP contribution >= 0.6 is 0 Å². The lowest BCUT2D eigenvalue weighted by Gasteiger charge is -2.21. The van der Waals surface area contributed by atoms with Gasteiger partial charge < -0.3 is 15.1 Å². The van der Waals surface area contributed by atoms with E-state index in [-0.39, 0.29) is 11.9 Å². The van der Waals surface area contributed by atoms with Crippen LogP contribution in [0, 0.1) is 0 Å². The first-order valence-electron chi connectivity index (χ1n) is 7.45. The zero-order valence-corrected chi connectivity index (χ0v) is 11.8. The van der Waals surface area contributed by atoms with E-state index in [2.05, 4.69) is 17.2 Å². The van der Waals surface area contributed by atoms with Gasteiger partial charge >= 0.3 is 0 Å². The van der Waals surface area contributed by atoms with Gasteiger partial charge in [-0.15, -0.1) is 0 Å². The molecule has 2 aromatic rings. The van der Waals surface area contributed by atoms with E-state index >= 15 is 0 Å². The molecule has 2 saturated heterocycles. The van der Waals surface area contributed by atoms with Crippen LogP contribution in [0.25, 0.3) is 17.0 Å². The molecular formula is C17H18N2O2. The van der Waals surface area contributed by atoms with Crippen molar-refractivity contribution in [2.24, 2.45) is 0 Å². The summed E-state index contributed by atoms with van der Waals surface area (Å²) in [5.74, 6) is -0.00698. The summed E-state index contributed by atoms with van der Waals surface area (Å²) < 4.78 is 5.44. The second kappa shape index (κ2) is 4.74. The van der Waals surface area contributed by atoms with E-state index in [0.717, 1.165) is 29.4 Å². The smallest absolute Gasteiger partial charge is 0.251 e. The minimum absolute atomic E-state index is 0.00698. The maximum absolute atomic E-state index is 12.4. The standard InChI is InChI=1S/C17H18N2O2/c1-2-10-9-21-16-6-3-11(7-13(10)16)17(20)19-15-8-12-4-5-14(15)18-12/h2-3,6-7,9,12,14-15,18H,1,4-5,8H2,(H,19,20)/t12-,14+,15-/m1/s1. The molecule has 108 valence electrons. The molecule has 2 N–H and O–H groups in total. The molecule has 0 radical (unpaired) electrons. The molecule has 0 aliphatic carbocycles. The van der Waals surface area contributed by atoms with Crippen LogP contribution < -0.4 is 10.6 Å². The van der Waals surface area contributed by atoms with Crippen molar-refractivity contribution < 1.29 is 9.21 Å². The summed E-state index contributed by atoms with van der Waals surface area (Å²) in [5.41, 5.74) is 2.37. The highest BCUT2D eigenvalue weighted by Gasteiger charge is 2.39. The lowest BCUT2D eigenvalue weighted by Crippen LogP contribution is -2.42. The zero-order chi connectivity index (χ0) is 14.4. The van der Waals surface area contributed by atoms with Crippen LogP contribution in [-0.2, 0) is 0 Å².